The van der Waals surface area contributed by atoms with Crippen LogP contribution in [0.25, 0.3) is 0 Å². The van der Waals surface area contributed by atoms with Gasteiger partial charge < -0.3 is 4.74 Å². The molecule has 0 atom stereocenters. The van der Waals surface area contributed by atoms with Gasteiger partial charge in [0.1, 0.15) is 0 Å². The second-order valence-corrected chi connectivity index (χ2v) is 0.910. The summed E-state index contributed by atoms with van der Waals surface area (Å²) in [6, 6.07) is 0. The van der Waals surface area contributed by atoms with Crippen molar-refractivity contribution in [3.8, 4) is 0 Å². The van der Waals surface area contributed by atoms with Crippen molar-refractivity contribution in [1.82, 2.24) is 0 Å². The van der Waals surface area contributed by atoms with Crippen LogP contribution in [0.15, 0.2) is 11.1 Å². The molecule has 0 aromatic rings. The number of hydrogen-bond donors (Lipinski definition) is 0. The van der Waals surface area contributed by atoms with E-state index in [9.17, 15) is 0 Å². The number of hydrogen-bond acceptors (Lipinski definition) is 2. The second kappa shape index (κ2) is 1.60. The van der Waals surface area contributed by atoms with Gasteiger partial charge in [-0.25, -0.2) is 0 Å². The summed E-state index contributed by atoms with van der Waals surface area (Å²) in [5, 5.41) is 0. The Morgan fingerprint density at radius 2 is 2.83 bits per heavy atom. The van der Waals surface area contributed by atoms with Crippen LogP contribution in [0.5, 0.6) is 0 Å². The van der Waals surface area contributed by atoms with E-state index in [0.29, 0.717) is 6.54 Å². The normalized spacial score (nSPS) is 17.3. The van der Waals surface area contributed by atoms with Gasteiger partial charge in [0.15, 0.2) is 12.7 Å². The Balaban J connectivity index is 2.40. The second-order valence-electron chi connectivity index (χ2n) is 0.910. The minimum atomic E-state index is 0.708. The van der Waals surface area contributed by atoms with Crippen molar-refractivity contribution < 1.29 is 4.74 Å². The monoisotopic (exact) mass is 82.0 g/mol. The zero-order chi connectivity index (χ0) is 4.24. The van der Waals surface area contributed by atoms with E-state index in [1.54, 1.807) is 6.08 Å². The summed E-state index contributed by atoms with van der Waals surface area (Å²) in [6.45, 7) is 0.708. The fourth-order valence-corrected chi connectivity index (χ4v) is 0.249. The molecule has 0 aromatic heterocycles. The van der Waals surface area contributed by atoms with Crippen LogP contribution in [0, 0.1) is 6.26 Å². The molecule has 0 unspecified atom stereocenters. The molecule has 31 valence electrons. The lowest BCUT2D eigenvalue weighted by Gasteiger charge is -1.89. The average Bonchev–Trinajstić information content (AvgIpc) is 1.72. The number of ether oxygens (including phenoxy) is 1. The van der Waals surface area contributed by atoms with E-state index in [1.807, 2.05) is 0 Å². The van der Waals surface area contributed by atoms with E-state index in [4.69, 9.17) is 0 Å². The van der Waals surface area contributed by atoms with Gasteiger partial charge in [-0.05, 0) is 6.08 Å². The minimum Gasteiger partial charge on any atom is -0.442 e. The van der Waals surface area contributed by atoms with Gasteiger partial charge in [-0.2, -0.15) is 0 Å². The van der Waals surface area contributed by atoms with Gasteiger partial charge in [0.05, 0.1) is 6.54 Å². The van der Waals surface area contributed by atoms with Crippen molar-refractivity contribution in [1.29, 1.82) is 0 Å². The summed E-state index contributed by atoms with van der Waals surface area (Å²) in [4.78, 5) is 3.71. The molecule has 0 aliphatic carbocycles. The van der Waals surface area contributed by atoms with Crippen molar-refractivity contribution in [2.45, 2.75) is 0 Å². The Labute approximate surface area is 36.1 Å². The topological polar surface area (TPSA) is 21.6 Å². The Bertz CT molecular complexity index is 65.5. The first kappa shape index (κ1) is 3.40. The maximum Gasteiger partial charge on any atom is 0.177 e. The molecule has 2 nitrogen and oxygen atoms in total. The molecule has 0 saturated carbocycles. The van der Waals surface area contributed by atoms with Crippen molar-refractivity contribution >= 4 is 6.40 Å². The van der Waals surface area contributed by atoms with E-state index >= 15 is 0 Å². The predicted molar refractivity (Wildman–Crippen MR) is 22.3 cm³/mol. The molecule has 0 N–H and O–H groups in total. The molecule has 1 aliphatic heterocycles. The Hall–Kier alpha value is -0.790. The summed E-state index contributed by atoms with van der Waals surface area (Å²) in [6.07, 6.45) is 5.61. The quantitative estimate of drug-likeness (QED) is 0.413. The van der Waals surface area contributed by atoms with Crippen molar-refractivity contribution in [3.05, 3.63) is 12.3 Å². The van der Waals surface area contributed by atoms with Crippen LogP contribution in [-0.2, 0) is 4.74 Å². The third-order valence-corrected chi connectivity index (χ3v) is 0.475. The van der Waals surface area contributed by atoms with Gasteiger partial charge in [-0.15, -0.1) is 0 Å². The molecule has 2 heteroatoms. The predicted octanol–water partition coefficient (Wildman–Crippen LogP) is 0.362. The summed E-state index contributed by atoms with van der Waals surface area (Å²) in [7, 11) is 0. The molecule has 1 rings (SSSR count). The molecular formula is C4H4NO. The molecule has 1 radical (unpaired) electrons. The van der Waals surface area contributed by atoms with Crippen molar-refractivity contribution in [2.75, 3.05) is 6.54 Å². The molecule has 0 spiro atoms. The zero-order valence-corrected chi connectivity index (χ0v) is 3.22. The lowest BCUT2D eigenvalue weighted by atomic mass is 10.6. The molecule has 0 saturated heterocycles. The highest BCUT2D eigenvalue weighted by molar-refractivity contribution is 5.47. The van der Waals surface area contributed by atoms with E-state index in [1.165, 1.54) is 6.40 Å². The molecule has 1 heterocycles. The van der Waals surface area contributed by atoms with Gasteiger partial charge in [0.25, 0.3) is 0 Å². The van der Waals surface area contributed by atoms with Crippen LogP contribution >= 0.6 is 0 Å². The first-order chi connectivity index (χ1) is 3.00. The minimum absolute atomic E-state index is 0.708. The van der Waals surface area contributed by atoms with Gasteiger partial charge in [0.2, 0.25) is 0 Å². The van der Waals surface area contributed by atoms with Crippen molar-refractivity contribution in [3.63, 3.8) is 0 Å². The van der Waals surface area contributed by atoms with Crippen LogP contribution in [0.4, 0.5) is 0 Å². The Morgan fingerprint density at radius 1 is 1.83 bits per heavy atom. The highest BCUT2D eigenvalue weighted by Crippen LogP contribution is 1.80. The summed E-state index contributed by atoms with van der Waals surface area (Å²) >= 11 is 0. The number of rotatable bonds is 0. The lowest BCUT2D eigenvalue weighted by molar-refractivity contribution is 0.452. The smallest absolute Gasteiger partial charge is 0.177 e. The molecule has 0 bridgehead atoms. The fraction of sp³-hybridized carbons (Fsp3) is 0.250. The average molecular weight is 82.1 g/mol. The maximum atomic E-state index is 4.47. The van der Waals surface area contributed by atoms with Crippen molar-refractivity contribution in [2.24, 2.45) is 4.99 Å². The third-order valence-electron chi connectivity index (χ3n) is 0.475. The Morgan fingerprint density at radius 3 is 3.00 bits per heavy atom. The largest absolute Gasteiger partial charge is 0.442 e. The molecule has 6 heavy (non-hydrogen) atoms. The fourth-order valence-electron chi connectivity index (χ4n) is 0.249. The third kappa shape index (κ3) is 0.578. The first-order valence-electron chi connectivity index (χ1n) is 1.71. The van der Waals surface area contributed by atoms with E-state index in [2.05, 4.69) is 16.0 Å². The van der Waals surface area contributed by atoms with E-state index in [0.717, 1.165) is 0 Å². The van der Waals surface area contributed by atoms with E-state index < -0.39 is 0 Å². The number of nitrogens with zero attached hydrogens (tertiary/aromatic N) is 1. The summed E-state index contributed by atoms with van der Waals surface area (Å²) < 4.78 is 4.47. The summed E-state index contributed by atoms with van der Waals surface area (Å²) in [5.41, 5.74) is 0. The van der Waals surface area contributed by atoms with E-state index in [-0.39, 0.29) is 0 Å². The van der Waals surface area contributed by atoms with Crippen LogP contribution < -0.4 is 0 Å². The molecule has 0 aromatic carbocycles. The van der Waals surface area contributed by atoms with Crippen LogP contribution in [0.2, 0.25) is 0 Å². The van der Waals surface area contributed by atoms with Crippen LogP contribution in [0.1, 0.15) is 0 Å². The number of aliphatic imine (C=N–C) groups is 1. The van der Waals surface area contributed by atoms with Gasteiger partial charge >= 0.3 is 0 Å². The highest BCUT2D eigenvalue weighted by atomic mass is 16.5. The lowest BCUT2D eigenvalue weighted by Crippen LogP contribution is -1.85. The zero-order valence-electron chi connectivity index (χ0n) is 3.22. The highest BCUT2D eigenvalue weighted by Gasteiger charge is 1.77. The van der Waals surface area contributed by atoms with Gasteiger partial charge in [0, 0.05) is 0 Å². The van der Waals surface area contributed by atoms with Gasteiger partial charge in [-0.3, -0.25) is 4.99 Å². The van der Waals surface area contributed by atoms with Crippen LogP contribution in [0.3, 0.4) is 0 Å². The molecule has 0 amide bonds. The van der Waals surface area contributed by atoms with Crippen LogP contribution in [-0.4, -0.2) is 12.9 Å². The molecule has 0 fully saturated rings. The standard InChI is InChI=1S/C4H4NO/c1-2-5-4-6-3-1/h1,4H,2H2. The summed E-state index contributed by atoms with van der Waals surface area (Å²) in [5.74, 6) is 0. The molecule has 1 aliphatic rings. The molecular weight excluding hydrogens is 78.0 g/mol. The Kier molecular flexibility index (Phi) is 0.906. The SMILES string of the molecule is [C]1=CCN=CO1. The first-order valence-corrected chi connectivity index (χ1v) is 1.71. The van der Waals surface area contributed by atoms with Gasteiger partial charge in [-0.1, -0.05) is 0 Å². The maximum absolute atomic E-state index is 4.47.